The van der Waals surface area contributed by atoms with Gasteiger partial charge in [0.1, 0.15) is 12.4 Å². The van der Waals surface area contributed by atoms with Gasteiger partial charge in [-0.05, 0) is 50.2 Å². The van der Waals surface area contributed by atoms with Crippen LogP contribution in [0.5, 0.6) is 0 Å². The van der Waals surface area contributed by atoms with Crippen LogP contribution in [0, 0.1) is 19.7 Å². The molecule has 2 aromatic heterocycles. The monoisotopic (exact) mass is 353 g/mol. The van der Waals surface area contributed by atoms with Crippen molar-refractivity contribution in [1.29, 1.82) is 0 Å². The second kappa shape index (κ2) is 7.22. The molecule has 2 heterocycles. The first-order chi connectivity index (χ1) is 12.4. The fourth-order valence-corrected chi connectivity index (χ4v) is 2.42. The lowest BCUT2D eigenvalue weighted by molar-refractivity contribution is -0.117. The first-order valence-corrected chi connectivity index (χ1v) is 7.87. The smallest absolute Gasteiger partial charge is 0.267 e. The molecule has 0 fully saturated rings. The molecule has 8 heteroatoms. The molecule has 0 aliphatic rings. The van der Waals surface area contributed by atoms with Crippen molar-refractivity contribution in [1.82, 2.24) is 19.7 Å². The Morgan fingerprint density at radius 2 is 1.73 bits per heavy atom. The molecule has 0 bridgehead atoms. The molecule has 0 saturated heterocycles. The minimum atomic E-state index is -0.471. The van der Waals surface area contributed by atoms with Crippen molar-refractivity contribution >= 4 is 11.9 Å². The van der Waals surface area contributed by atoms with Crippen LogP contribution < -0.4 is 10.9 Å². The molecule has 0 radical (unpaired) electrons. The third kappa shape index (κ3) is 4.15. The van der Waals surface area contributed by atoms with Crippen molar-refractivity contribution in [2.75, 3.05) is 5.32 Å². The Morgan fingerprint density at radius 1 is 1.08 bits per heavy atom. The van der Waals surface area contributed by atoms with Crippen LogP contribution in [0.1, 0.15) is 11.4 Å². The lowest BCUT2D eigenvalue weighted by Gasteiger charge is -2.08. The topological polar surface area (TPSA) is 89.8 Å². The lowest BCUT2D eigenvalue weighted by Crippen LogP contribution is -2.29. The molecule has 7 nitrogen and oxygen atoms in total. The van der Waals surface area contributed by atoms with E-state index in [4.69, 9.17) is 0 Å². The maximum absolute atomic E-state index is 13.0. The van der Waals surface area contributed by atoms with Gasteiger partial charge in [0.15, 0.2) is 0 Å². The first kappa shape index (κ1) is 17.4. The Balaban J connectivity index is 1.80. The number of benzene rings is 1. The van der Waals surface area contributed by atoms with Crippen LogP contribution in [0.2, 0.25) is 0 Å². The second-order valence-electron chi connectivity index (χ2n) is 5.74. The zero-order valence-electron chi connectivity index (χ0n) is 14.2. The number of nitrogens with zero attached hydrogens (tertiary/aromatic N) is 4. The predicted octanol–water partition coefficient (Wildman–Crippen LogP) is 2.09. The molecule has 3 aromatic rings. The third-order valence-electron chi connectivity index (χ3n) is 3.53. The Morgan fingerprint density at radius 3 is 2.38 bits per heavy atom. The quantitative estimate of drug-likeness (QED) is 0.776. The van der Waals surface area contributed by atoms with Gasteiger partial charge < -0.3 is 0 Å². The summed E-state index contributed by atoms with van der Waals surface area (Å²) in [6.45, 7) is 3.30. The van der Waals surface area contributed by atoms with Crippen molar-refractivity contribution in [3.8, 4) is 11.3 Å². The van der Waals surface area contributed by atoms with Gasteiger partial charge in [0, 0.05) is 23.0 Å². The molecular formula is C18H16FN5O2. The summed E-state index contributed by atoms with van der Waals surface area (Å²) in [7, 11) is 0. The second-order valence-corrected chi connectivity index (χ2v) is 5.74. The minimum Gasteiger partial charge on any atom is -0.293 e. The Kier molecular flexibility index (Phi) is 4.83. The Hall–Kier alpha value is -3.42. The van der Waals surface area contributed by atoms with Gasteiger partial charge in [0.25, 0.3) is 5.56 Å². The van der Waals surface area contributed by atoms with E-state index in [0.717, 1.165) is 16.1 Å². The molecule has 1 aromatic carbocycles. The summed E-state index contributed by atoms with van der Waals surface area (Å²) in [6.07, 6.45) is 0. The van der Waals surface area contributed by atoms with Gasteiger partial charge in [-0.3, -0.25) is 14.9 Å². The number of hydrogen-bond acceptors (Lipinski definition) is 5. The Labute approximate surface area is 148 Å². The van der Waals surface area contributed by atoms with Crippen LogP contribution >= 0.6 is 0 Å². The van der Waals surface area contributed by atoms with Gasteiger partial charge in [-0.15, -0.1) is 0 Å². The van der Waals surface area contributed by atoms with E-state index in [1.807, 2.05) is 0 Å². The number of aryl methyl sites for hydroxylation is 2. The number of halogens is 1. The normalized spacial score (nSPS) is 10.6. The number of carbonyl (C=O) groups excluding carboxylic acids is 1. The molecule has 0 spiro atoms. The molecule has 0 unspecified atom stereocenters. The molecule has 0 aliphatic heterocycles. The van der Waals surface area contributed by atoms with Gasteiger partial charge in [0.05, 0.1) is 5.69 Å². The summed E-state index contributed by atoms with van der Waals surface area (Å²) >= 11 is 0. The van der Waals surface area contributed by atoms with E-state index in [-0.39, 0.29) is 18.3 Å². The summed E-state index contributed by atoms with van der Waals surface area (Å²) in [4.78, 5) is 32.4. The number of nitrogens with one attached hydrogen (secondary N) is 1. The highest BCUT2D eigenvalue weighted by atomic mass is 19.1. The van der Waals surface area contributed by atoms with Crippen molar-refractivity contribution in [2.45, 2.75) is 20.4 Å². The van der Waals surface area contributed by atoms with Crippen LogP contribution in [0.4, 0.5) is 10.3 Å². The van der Waals surface area contributed by atoms with Gasteiger partial charge >= 0.3 is 0 Å². The number of amides is 1. The summed E-state index contributed by atoms with van der Waals surface area (Å²) in [5.41, 5.74) is 2.12. The summed E-state index contributed by atoms with van der Waals surface area (Å²) in [5, 5.41) is 6.72. The average Bonchev–Trinajstić information content (AvgIpc) is 2.56. The number of aromatic nitrogens is 4. The lowest BCUT2D eigenvalue weighted by atomic mass is 10.1. The average molecular weight is 353 g/mol. The van der Waals surface area contributed by atoms with Crippen LogP contribution in [-0.2, 0) is 11.3 Å². The molecule has 0 saturated carbocycles. The van der Waals surface area contributed by atoms with E-state index < -0.39 is 11.5 Å². The number of hydrogen-bond donors (Lipinski definition) is 1. The molecule has 3 rings (SSSR count). The van der Waals surface area contributed by atoms with Crippen LogP contribution in [0.3, 0.4) is 0 Å². The van der Waals surface area contributed by atoms with Gasteiger partial charge in [-0.1, -0.05) is 0 Å². The van der Waals surface area contributed by atoms with Crippen molar-refractivity contribution in [2.24, 2.45) is 0 Å². The zero-order valence-corrected chi connectivity index (χ0v) is 14.2. The molecule has 1 amide bonds. The molecular weight excluding hydrogens is 337 g/mol. The van der Waals surface area contributed by atoms with E-state index in [2.05, 4.69) is 20.4 Å². The van der Waals surface area contributed by atoms with Crippen molar-refractivity contribution in [3.05, 3.63) is 70.0 Å². The highest BCUT2D eigenvalue weighted by molar-refractivity contribution is 5.88. The molecule has 0 atom stereocenters. The van der Waals surface area contributed by atoms with Crippen LogP contribution in [0.15, 0.2) is 47.3 Å². The van der Waals surface area contributed by atoms with E-state index >= 15 is 0 Å². The largest absolute Gasteiger partial charge is 0.293 e. The molecule has 26 heavy (non-hydrogen) atoms. The van der Waals surface area contributed by atoms with Crippen molar-refractivity contribution < 1.29 is 9.18 Å². The van der Waals surface area contributed by atoms with Crippen LogP contribution in [-0.4, -0.2) is 25.7 Å². The SMILES string of the molecule is Cc1cc(C)nc(NC(=O)Cn2nc(-c3ccc(F)cc3)ccc2=O)n1. The predicted molar refractivity (Wildman–Crippen MR) is 94.0 cm³/mol. The zero-order chi connectivity index (χ0) is 18.7. The Bertz CT molecular complexity index is 995. The fraction of sp³-hybridized carbons (Fsp3) is 0.167. The summed E-state index contributed by atoms with van der Waals surface area (Å²) in [5.74, 6) is -0.661. The molecule has 132 valence electrons. The highest BCUT2D eigenvalue weighted by Crippen LogP contribution is 2.15. The maximum atomic E-state index is 13.0. The molecule has 0 aliphatic carbocycles. The van der Waals surface area contributed by atoms with Crippen molar-refractivity contribution in [3.63, 3.8) is 0 Å². The van der Waals surface area contributed by atoms with E-state index in [0.29, 0.717) is 11.3 Å². The van der Waals surface area contributed by atoms with E-state index in [9.17, 15) is 14.0 Å². The first-order valence-electron chi connectivity index (χ1n) is 7.87. The third-order valence-corrected chi connectivity index (χ3v) is 3.53. The van der Waals surface area contributed by atoms with Gasteiger partial charge in [-0.2, -0.15) is 5.10 Å². The summed E-state index contributed by atoms with van der Waals surface area (Å²) < 4.78 is 14.1. The minimum absolute atomic E-state index is 0.176. The van der Waals surface area contributed by atoms with Crippen LogP contribution in [0.25, 0.3) is 11.3 Å². The molecule has 1 N–H and O–H groups in total. The number of carbonyl (C=O) groups is 1. The van der Waals surface area contributed by atoms with E-state index in [1.54, 1.807) is 32.0 Å². The maximum Gasteiger partial charge on any atom is 0.267 e. The highest BCUT2D eigenvalue weighted by Gasteiger charge is 2.10. The standard InChI is InChI=1S/C18H16FN5O2/c1-11-9-12(2)21-18(20-11)22-16(25)10-24-17(26)8-7-15(23-24)13-3-5-14(19)6-4-13/h3-9H,10H2,1-2H3,(H,20,21,22,25). The fourth-order valence-electron chi connectivity index (χ4n) is 2.42. The number of rotatable bonds is 4. The van der Waals surface area contributed by atoms with E-state index in [1.165, 1.54) is 24.3 Å². The van der Waals surface area contributed by atoms with Gasteiger partial charge in [-0.25, -0.2) is 19.0 Å². The summed E-state index contributed by atoms with van der Waals surface area (Å²) in [6, 6.07) is 10.3. The van der Waals surface area contributed by atoms with Gasteiger partial charge in [0.2, 0.25) is 11.9 Å². The number of anilines is 1.